The van der Waals surface area contributed by atoms with Crippen molar-refractivity contribution in [2.75, 3.05) is 19.0 Å². The Hall–Kier alpha value is -1.07. The van der Waals surface area contributed by atoms with Gasteiger partial charge in [0.25, 0.3) is 0 Å². The van der Waals surface area contributed by atoms with Crippen LogP contribution in [0.1, 0.15) is 0 Å². The number of nitrogens with one attached hydrogen (secondary N) is 1. The van der Waals surface area contributed by atoms with Crippen molar-refractivity contribution in [2.45, 2.75) is 0 Å². The Morgan fingerprint density at radius 3 is 2.93 bits per heavy atom. The molecule has 3 N–H and O–H groups in total. The van der Waals surface area contributed by atoms with Crippen LogP contribution in [0.3, 0.4) is 0 Å². The lowest BCUT2D eigenvalue weighted by Crippen LogP contribution is -2.22. The molecule has 0 saturated heterocycles. The van der Waals surface area contributed by atoms with Gasteiger partial charge in [0.1, 0.15) is 5.75 Å². The van der Waals surface area contributed by atoms with Crippen molar-refractivity contribution in [3.63, 3.8) is 0 Å². The summed E-state index contributed by atoms with van der Waals surface area (Å²) in [5.74, 6) is 0.444. The number of nitrogens with two attached hydrogens (primary N) is 1. The van der Waals surface area contributed by atoms with Crippen LogP contribution in [0.25, 0.3) is 0 Å². The van der Waals surface area contributed by atoms with Gasteiger partial charge in [-0.05, 0) is 28.1 Å². The predicted molar refractivity (Wildman–Crippen MR) is 58.4 cm³/mol. The molecule has 0 aliphatic heterocycles. The zero-order chi connectivity index (χ0) is 10.6. The second kappa shape index (κ2) is 4.97. The molecule has 0 aliphatic rings. The van der Waals surface area contributed by atoms with Crippen molar-refractivity contribution in [3.8, 4) is 5.75 Å². The summed E-state index contributed by atoms with van der Waals surface area (Å²) in [6.45, 7) is -0.0380. The minimum absolute atomic E-state index is 0.0380. The molecule has 0 atom stereocenters. The quantitative estimate of drug-likeness (QED) is 0.861. The highest BCUT2D eigenvalue weighted by atomic mass is 79.9. The van der Waals surface area contributed by atoms with Crippen LogP contribution in [0.2, 0.25) is 0 Å². The van der Waals surface area contributed by atoms with E-state index in [4.69, 9.17) is 10.5 Å². The maximum atomic E-state index is 11.0. The molecule has 14 heavy (non-hydrogen) atoms. The van der Waals surface area contributed by atoms with Crippen LogP contribution in [-0.4, -0.2) is 19.6 Å². The van der Waals surface area contributed by atoms with E-state index in [-0.39, 0.29) is 12.5 Å². The van der Waals surface area contributed by atoms with E-state index < -0.39 is 0 Å². The lowest BCUT2D eigenvalue weighted by Gasteiger charge is -2.07. The Balaban J connectivity index is 2.89. The van der Waals surface area contributed by atoms with Crippen LogP contribution in [0.15, 0.2) is 22.7 Å². The zero-order valence-corrected chi connectivity index (χ0v) is 9.30. The largest absolute Gasteiger partial charge is 0.497 e. The van der Waals surface area contributed by atoms with E-state index in [2.05, 4.69) is 21.2 Å². The molecule has 0 spiro atoms. The first-order chi connectivity index (χ1) is 6.67. The van der Waals surface area contributed by atoms with Crippen LogP contribution in [0, 0.1) is 0 Å². The molecule has 0 unspecified atom stereocenters. The van der Waals surface area contributed by atoms with Gasteiger partial charge in [-0.15, -0.1) is 0 Å². The minimum Gasteiger partial charge on any atom is -0.497 e. The third kappa shape index (κ3) is 2.71. The van der Waals surface area contributed by atoms with Crippen molar-refractivity contribution in [2.24, 2.45) is 5.73 Å². The Kier molecular flexibility index (Phi) is 3.91. The molecule has 0 fully saturated rings. The fraction of sp³-hybridized carbons (Fsp3) is 0.222. The molecule has 0 aromatic heterocycles. The fourth-order valence-electron chi connectivity index (χ4n) is 0.928. The molecule has 1 aromatic rings. The summed E-state index contributed by atoms with van der Waals surface area (Å²) in [6.07, 6.45) is 0. The van der Waals surface area contributed by atoms with Gasteiger partial charge < -0.3 is 15.8 Å². The molecule has 76 valence electrons. The van der Waals surface area contributed by atoms with Gasteiger partial charge in [0, 0.05) is 10.5 Å². The maximum Gasteiger partial charge on any atom is 0.238 e. The second-order valence-corrected chi connectivity index (χ2v) is 3.45. The van der Waals surface area contributed by atoms with E-state index in [1.165, 1.54) is 0 Å². The summed E-state index contributed by atoms with van der Waals surface area (Å²) < 4.78 is 5.81. The summed E-state index contributed by atoms with van der Waals surface area (Å²) in [4.78, 5) is 11.0. The van der Waals surface area contributed by atoms with Crippen molar-refractivity contribution in [1.82, 2.24) is 0 Å². The van der Waals surface area contributed by atoms with Gasteiger partial charge in [0.2, 0.25) is 5.91 Å². The molecule has 5 heteroatoms. The van der Waals surface area contributed by atoms with Crippen LogP contribution >= 0.6 is 15.9 Å². The number of methoxy groups -OCH3 is 1. The lowest BCUT2D eigenvalue weighted by atomic mass is 10.3. The molecule has 0 radical (unpaired) electrons. The number of hydrogen-bond donors (Lipinski definition) is 2. The Labute approximate surface area is 90.6 Å². The number of anilines is 1. The minimum atomic E-state index is -0.237. The Morgan fingerprint density at radius 1 is 1.64 bits per heavy atom. The molecule has 1 rings (SSSR count). The summed E-state index contributed by atoms with van der Waals surface area (Å²) in [7, 11) is 1.57. The van der Waals surface area contributed by atoms with Gasteiger partial charge in [-0.2, -0.15) is 0 Å². The third-order valence-electron chi connectivity index (χ3n) is 1.63. The van der Waals surface area contributed by atoms with Crippen molar-refractivity contribution in [1.29, 1.82) is 0 Å². The fourth-order valence-corrected chi connectivity index (χ4v) is 1.27. The summed E-state index contributed by atoms with van der Waals surface area (Å²) >= 11 is 3.31. The monoisotopic (exact) mass is 258 g/mol. The molecular formula is C9H11BrN2O2. The number of rotatable bonds is 3. The van der Waals surface area contributed by atoms with Crippen molar-refractivity contribution in [3.05, 3.63) is 22.7 Å². The predicted octanol–water partition coefficient (Wildman–Crippen LogP) is 1.35. The van der Waals surface area contributed by atoms with Crippen LogP contribution in [0.4, 0.5) is 5.69 Å². The van der Waals surface area contributed by atoms with E-state index in [0.717, 1.165) is 4.47 Å². The van der Waals surface area contributed by atoms with Gasteiger partial charge in [-0.1, -0.05) is 0 Å². The molecule has 0 aliphatic carbocycles. The van der Waals surface area contributed by atoms with E-state index in [0.29, 0.717) is 11.4 Å². The molecule has 0 bridgehead atoms. The van der Waals surface area contributed by atoms with Gasteiger partial charge in [-0.3, -0.25) is 4.79 Å². The van der Waals surface area contributed by atoms with E-state index >= 15 is 0 Å². The molecule has 1 aromatic carbocycles. The zero-order valence-electron chi connectivity index (χ0n) is 7.71. The SMILES string of the molecule is COc1ccc(Br)c(NC(=O)CN)c1. The van der Waals surface area contributed by atoms with E-state index in [1.54, 1.807) is 25.3 Å². The molecule has 0 saturated carbocycles. The summed E-state index contributed by atoms with van der Waals surface area (Å²) in [6, 6.07) is 5.31. The highest BCUT2D eigenvalue weighted by Gasteiger charge is 2.04. The first kappa shape index (κ1) is 11.0. The molecule has 1 amide bonds. The highest BCUT2D eigenvalue weighted by molar-refractivity contribution is 9.10. The second-order valence-electron chi connectivity index (χ2n) is 2.60. The normalized spacial score (nSPS) is 9.64. The topological polar surface area (TPSA) is 64.3 Å². The Morgan fingerprint density at radius 2 is 2.36 bits per heavy atom. The lowest BCUT2D eigenvalue weighted by molar-refractivity contribution is -0.114. The summed E-state index contributed by atoms with van der Waals surface area (Å²) in [5.41, 5.74) is 5.83. The van der Waals surface area contributed by atoms with E-state index in [9.17, 15) is 4.79 Å². The van der Waals surface area contributed by atoms with Gasteiger partial charge >= 0.3 is 0 Å². The average molecular weight is 259 g/mol. The van der Waals surface area contributed by atoms with Crippen LogP contribution in [-0.2, 0) is 4.79 Å². The number of hydrogen-bond acceptors (Lipinski definition) is 3. The van der Waals surface area contributed by atoms with Crippen molar-refractivity contribution >= 4 is 27.5 Å². The summed E-state index contributed by atoms with van der Waals surface area (Å²) in [5, 5.41) is 2.64. The van der Waals surface area contributed by atoms with Crippen molar-refractivity contribution < 1.29 is 9.53 Å². The number of amides is 1. The van der Waals surface area contributed by atoms with E-state index in [1.807, 2.05) is 0 Å². The number of halogens is 1. The molecule has 0 heterocycles. The number of carbonyl (C=O) groups is 1. The third-order valence-corrected chi connectivity index (χ3v) is 2.32. The highest BCUT2D eigenvalue weighted by Crippen LogP contribution is 2.26. The molecule has 4 nitrogen and oxygen atoms in total. The maximum absolute atomic E-state index is 11.0. The van der Waals surface area contributed by atoms with Gasteiger partial charge in [0.15, 0.2) is 0 Å². The van der Waals surface area contributed by atoms with Crippen LogP contribution in [0.5, 0.6) is 5.75 Å². The average Bonchev–Trinajstić information content (AvgIpc) is 2.21. The van der Waals surface area contributed by atoms with Gasteiger partial charge in [0.05, 0.1) is 19.3 Å². The number of carbonyl (C=O) groups excluding carboxylic acids is 1. The number of benzene rings is 1. The first-order valence-electron chi connectivity index (χ1n) is 4.01. The van der Waals surface area contributed by atoms with Crippen LogP contribution < -0.4 is 15.8 Å². The molecular weight excluding hydrogens is 248 g/mol. The number of ether oxygens (including phenoxy) is 1. The smallest absolute Gasteiger partial charge is 0.238 e. The Bertz CT molecular complexity index is 342. The van der Waals surface area contributed by atoms with Gasteiger partial charge in [-0.25, -0.2) is 0 Å². The standard InChI is InChI=1S/C9H11BrN2O2/c1-14-6-2-3-7(10)8(4-6)12-9(13)5-11/h2-4H,5,11H2,1H3,(H,12,13). The first-order valence-corrected chi connectivity index (χ1v) is 4.80.